The van der Waals surface area contributed by atoms with Crippen LogP contribution in [0.2, 0.25) is 0 Å². The number of hydrogen-bond donors (Lipinski definition) is 1. The minimum atomic E-state index is -0.679. The van der Waals surface area contributed by atoms with Crippen LogP contribution in [-0.2, 0) is 4.79 Å². The van der Waals surface area contributed by atoms with Gasteiger partial charge in [0.1, 0.15) is 0 Å². The summed E-state index contributed by atoms with van der Waals surface area (Å²) >= 11 is 0. The van der Waals surface area contributed by atoms with Crippen LogP contribution in [0, 0.1) is 0 Å². The number of carboxylic acid groups (broad SMARTS) is 1. The monoisotopic (exact) mass is 250 g/mol. The summed E-state index contributed by atoms with van der Waals surface area (Å²) in [7, 11) is 0. The van der Waals surface area contributed by atoms with Gasteiger partial charge in [0.15, 0.2) is 0 Å². The van der Waals surface area contributed by atoms with Crippen LogP contribution in [0.25, 0.3) is 0 Å². The van der Waals surface area contributed by atoms with Crippen LogP contribution < -0.4 is 0 Å². The van der Waals surface area contributed by atoms with E-state index >= 15 is 0 Å². The summed E-state index contributed by atoms with van der Waals surface area (Å²) in [5.41, 5.74) is 0. The maximum absolute atomic E-state index is 10.3. The van der Waals surface area contributed by atoms with Crippen LogP contribution in [0.15, 0.2) is 36.5 Å². The molecule has 0 radical (unpaired) electrons. The molecule has 0 atom stereocenters. The van der Waals surface area contributed by atoms with Crippen LogP contribution in [0.1, 0.15) is 58.3 Å². The normalized spacial score (nSPS) is 12.1. The summed E-state index contributed by atoms with van der Waals surface area (Å²) in [6, 6.07) is 0. The van der Waals surface area contributed by atoms with Crippen LogP contribution >= 0.6 is 0 Å². The smallest absolute Gasteiger partial charge is 0.303 e. The first kappa shape index (κ1) is 16.7. The van der Waals surface area contributed by atoms with Crippen molar-refractivity contribution in [2.24, 2.45) is 0 Å². The summed E-state index contributed by atoms with van der Waals surface area (Å²) in [5.74, 6) is -0.679. The molecule has 0 saturated heterocycles. The Morgan fingerprint density at radius 3 is 2.17 bits per heavy atom. The first-order chi connectivity index (χ1) is 8.77. The SMILES string of the molecule is CC\C=C/C=C/C=C\CCCCCCCC(=O)O. The lowest BCUT2D eigenvalue weighted by molar-refractivity contribution is -0.137. The molecule has 0 amide bonds. The van der Waals surface area contributed by atoms with Crippen molar-refractivity contribution < 1.29 is 9.90 Å². The molecule has 0 saturated carbocycles. The van der Waals surface area contributed by atoms with E-state index in [1.807, 2.05) is 6.08 Å². The molecule has 2 heteroatoms. The van der Waals surface area contributed by atoms with E-state index in [0.29, 0.717) is 6.42 Å². The molecule has 0 heterocycles. The molecule has 0 spiro atoms. The molecule has 0 aromatic carbocycles. The van der Waals surface area contributed by atoms with Crippen molar-refractivity contribution in [2.45, 2.75) is 58.3 Å². The van der Waals surface area contributed by atoms with E-state index in [9.17, 15) is 4.79 Å². The van der Waals surface area contributed by atoms with Crippen LogP contribution in [0.4, 0.5) is 0 Å². The number of unbranched alkanes of at least 4 members (excludes halogenated alkanes) is 5. The lowest BCUT2D eigenvalue weighted by atomic mass is 10.1. The second-order valence-electron chi connectivity index (χ2n) is 4.35. The van der Waals surface area contributed by atoms with Crippen molar-refractivity contribution in [3.8, 4) is 0 Å². The second kappa shape index (κ2) is 13.8. The molecule has 102 valence electrons. The van der Waals surface area contributed by atoms with Gasteiger partial charge in [-0.3, -0.25) is 4.79 Å². The van der Waals surface area contributed by atoms with E-state index in [1.165, 1.54) is 12.8 Å². The summed E-state index contributed by atoms with van der Waals surface area (Å²) in [5, 5.41) is 8.47. The van der Waals surface area contributed by atoms with Crippen molar-refractivity contribution in [1.82, 2.24) is 0 Å². The average Bonchev–Trinajstić information content (AvgIpc) is 2.34. The molecule has 18 heavy (non-hydrogen) atoms. The molecule has 0 bridgehead atoms. The predicted molar refractivity (Wildman–Crippen MR) is 77.7 cm³/mol. The standard InChI is InChI=1S/C16H26O2/c1-2-3-4-5-6-7-8-9-10-11-12-13-14-15-16(17)18/h3-8H,2,9-15H2,1H3,(H,17,18)/b4-3-,6-5+,8-7-. The number of rotatable bonds is 11. The molecule has 0 aliphatic carbocycles. The zero-order valence-corrected chi connectivity index (χ0v) is 11.5. The van der Waals surface area contributed by atoms with Crippen LogP contribution in [0.5, 0.6) is 0 Å². The van der Waals surface area contributed by atoms with Gasteiger partial charge in [0, 0.05) is 6.42 Å². The van der Waals surface area contributed by atoms with E-state index in [-0.39, 0.29) is 0 Å². The van der Waals surface area contributed by atoms with Crippen LogP contribution in [-0.4, -0.2) is 11.1 Å². The van der Waals surface area contributed by atoms with E-state index in [4.69, 9.17) is 5.11 Å². The zero-order chi connectivity index (χ0) is 13.5. The first-order valence-electron chi connectivity index (χ1n) is 6.97. The Kier molecular flexibility index (Phi) is 12.8. The van der Waals surface area contributed by atoms with Crippen molar-refractivity contribution in [1.29, 1.82) is 0 Å². The summed E-state index contributed by atoms with van der Waals surface area (Å²) in [6.07, 6.45) is 20.5. The molecule has 0 aromatic heterocycles. The van der Waals surface area contributed by atoms with E-state index in [1.54, 1.807) is 0 Å². The molecule has 0 unspecified atom stereocenters. The van der Waals surface area contributed by atoms with Gasteiger partial charge in [0.05, 0.1) is 0 Å². The van der Waals surface area contributed by atoms with Gasteiger partial charge in [0.2, 0.25) is 0 Å². The average molecular weight is 250 g/mol. The lowest BCUT2D eigenvalue weighted by Gasteiger charge is -1.97. The van der Waals surface area contributed by atoms with Gasteiger partial charge in [-0.1, -0.05) is 62.6 Å². The number of allylic oxidation sites excluding steroid dienone is 6. The molecule has 0 aliphatic heterocycles. The van der Waals surface area contributed by atoms with Gasteiger partial charge < -0.3 is 5.11 Å². The van der Waals surface area contributed by atoms with Crippen molar-refractivity contribution in [3.63, 3.8) is 0 Å². The Balaban J connectivity index is 3.24. The molecule has 0 aliphatic rings. The van der Waals surface area contributed by atoms with Crippen LogP contribution in [0.3, 0.4) is 0 Å². The maximum atomic E-state index is 10.3. The third-order valence-corrected chi connectivity index (χ3v) is 2.60. The van der Waals surface area contributed by atoms with Gasteiger partial charge in [-0.2, -0.15) is 0 Å². The quantitative estimate of drug-likeness (QED) is 0.419. The topological polar surface area (TPSA) is 37.3 Å². The van der Waals surface area contributed by atoms with Gasteiger partial charge in [-0.15, -0.1) is 0 Å². The highest BCUT2D eigenvalue weighted by Crippen LogP contribution is 2.07. The molecule has 0 rings (SSSR count). The third kappa shape index (κ3) is 14.7. The number of aliphatic carboxylic acids is 1. The first-order valence-corrected chi connectivity index (χ1v) is 6.97. The largest absolute Gasteiger partial charge is 0.481 e. The Morgan fingerprint density at radius 2 is 1.50 bits per heavy atom. The summed E-state index contributed by atoms with van der Waals surface area (Å²) < 4.78 is 0. The van der Waals surface area contributed by atoms with Gasteiger partial charge in [-0.05, 0) is 25.7 Å². The predicted octanol–water partition coefficient (Wildman–Crippen LogP) is 4.88. The van der Waals surface area contributed by atoms with E-state index in [0.717, 1.165) is 32.1 Å². The fourth-order valence-electron chi connectivity index (χ4n) is 1.59. The Bertz CT molecular complexity index is 275. The molecular formula is C16H26O2. The van der Waals surface area contributed by atoms with Gasteiger partial charge in [-0.25, -0.2) is 0 Å². The highest BCUT2D eigenvalue weighted by atomic mass is 16.4. The van der Waals surface area contributed by atoms with E-state index in [2.05, 4.69) is 37.3 Å². The second-order valence-corrected chi connectivity index (χ2v) is 4.35. The number of carboxylic acids is 1. The summed E-state index contributed by atoms with van der Waals surface area (Å²) in [6.45, 7) is 2.12. The van der Waals surface area contributed by atoms with Gasteiger partial charge >= 0.3 is 5.97 Å². The highest BCUT2D eigenvalue weighted by Gasteiger charge is 1.95. The van der Waals surface area contributed by atoms with Crippen molar-refractivity contribution >= 4 is 5.97 Å². The molecule has 1 N–H and O–H groups in total. The molecular weight excluding hydrogens is 224 g/mol. The molecule has 2 nitrogen and oxygen atoms in total. The Morgan fingerprint density at radius 1 is 0.889 bits per heavy atom. The Labute approximate surface area is 111 Å². The Hall–Kier alpha value is -1.31. The van der Waals surface area contributed by atoms with Crippen molar-refractivity contribution in [3.05, 3.63) is 36.5 Å². The number of carbonyl (C=O) groups is 1. The van der Waals surface area contributed by atoms with Crippen molar-refractivity contribution in [2.75, 3.05) is 0 Å². The lowest BCUT2D eigenvalue weighted by Crippen LogP contribution is -1.93. The molecule has 0 fully saturated rings. The highest BCUT2D eigenvalue weighted by molar-refractivity contribution is 5.66. The van der Waals surface area contributed by atoms with Gasteiger partial charge in [0.25, 0.3) is 0 Å². The third-order valence-electron chi connectivity index (χ3n) is 2.60. The zero-order valence-electron chi connectivity index (χ0n) is 11.5. The summed E-state index contributed by atoms with van der Waals surface area (Å²) in [4.78, 5) is 10.3. The maximum Gasteiger partial charge on any atom is 0.303 e. The minimum Gasteiger partial charge on any atom is -0.481 e. The number of hydrogen-bond acceptors (Lipinski definition) is 1. The minimum absolute atomic E-state index is 0.315. The fraction of sp³-hybridized carbons (Fsp3) is 0.562. The van der Waals surface area contributed by atoms with E-state index < -0.39 is 5.97 Å². The fourth-order valence-corrected chi connectivity index (χ4v) is 1.59. The molecule has 0 aromatic rings.